The monoisotopic (exact) mass is 197 g/mol. The molecule has 14 heavy (non-hydrogen) atoms. The minimum Gasteiger partial charge on any atom is -0.383 e. The Labute approximate surface area is 87.6 Å². The van der Waals surface area contributed by atoms with Crippen LogP contribution in [0.2, 0.25) is 0 Å². The van der Waals surface area contributed by atoms with E-state index in [1.165, 1.54) is 38.8 Å². The van der Waals surface area contributed by atoms with Gasteiger partial charge in [-0.1, -0.05) is 19.8 Å². The Kier molecular flexibility index (Phi) is 3.13. The summed E-state index contributed by atoms with van der Waals surface area (Å²) >= 11 is 0. The van der Waals surface area contributed by atoms with Crippen LogP contribution in [0.5, 0.6) is 0 Å². The highest BCUT2D eigenvalue weighted by atomic mass is 16.5. The zero-order chi connectivity index (χ0) is 10.0. The molecule has 2 aliphatic rings. The predicted octanol–water partition coefficient (Wildman–Crippen LogP) is 2.14. The fourth-order valence-corrected chi connectivity index (χ4v) is 2.97. The third-order valence-electron chi connectivity index (χ3n) is 4.06. The van der Waals surface area contributed by atoms with Crippen molar-refractivity contribution in [1.82, 2.24) is 4.90 Å². The molecular weight excluding hydrogens is 174 g/mol. The van der Waals surface area contributed by atoms with E-state index in [1.54, 1.807) is 7.11 Å². The van der Waals surface area contributed by atoms with Gasteiger partial charge in [0.2, 0.25) is 0 Å². The molecule has 1 aliphatic carbocycles. The summed E-state index contributed by atoms with van der Waals surface area (Å²) in [5.41, 5.74) is 0.722. The van der Waals surface area contributed by atoms with Crippen molar-refractivity contribution >= 4 is 0 Å². The van der Waals surface area contributed by atoms with Crippen molar-refractivity contribution in [3.63, 3.8) is 0 Å². The van der Waals surface area contributed by atoms with Crippen LogP contribution in [0.1, 0.15) is 32.6 Å². The summed E-state index contributed by atoms with van der Waals surface area (Å²) in [6, 6.07) is 0. The van der Waals surface area contributed by atoms with Gasteiger partial charge in [0, 0.05) is 26.7 Å². The van der Waals surface area contributed by atoms with Gasteiger partial charge in [0.15, 0.2) is 0 Å². The number of ether oxygens (including phenoxy) is 1. The van der Waals surface area contributed by atoms with Crippen LogP contribution in [0.3, 0.4) is 0 Å². The Bertz CT molecular complexity index is 177. The molecule has 2 rings (SSSR count). The Hall–Kier alpha value is -0.0800. The summed E-state index contributed by atoms with van der Waals surface area (Å²) in [5.74, 6) is 0.980. The molecule has 1 heterocycles. The second-order valence-electron chi connectivity index (χ2n) is 5.39. The molecule has 0 aromatic rings. The summed E-state index contributed by atoms with van der Waals surface area (Å²) in [7, 11) is 1.79. The molecule has 0 radical (unpaired) electrons. The van der Waals surface area contributed by atoms with Crippen molar-refractivity contribution in [2.24, 2.45) is 11.3 Å². The lowest BCUT2D eigenvalue weighted by Crippen LogP contribution is -2.58. The van der Waals surface area contributed by atoms with Gasteiger partial charge in [-0.2, -0.15) is 0 Å². The third-order valence-corrected chi connectivity index (χ3v) is 4.06. The number of hydrogen-bond acceptors (Lipinski definition) is 2. The topological polar surface area (TPSA) is 12.5 Å². The highest BCUT2D eigenvalue weighted by molar-refractivity contribution is 4.97. The summed E-state index contributed by atoms with van der Waals surface area (Å²) in [6.07, 6.45) is 5.85. The highest BCUT2D eigenvalue weighted by Crippen LogP contribution is 2.45. The predicted molar refractivity (Wildman–Crippen MR) is 58.4 cm³/mol. The first kappa shape index (κ1) is 10.4. The molecule has 0 N–H and O–H groups in total. The van der Waals surface area contributed by atoms with Gasteiger partial charge >= 0.3 is 0 Å². The van der Waals surface area contributed by atoms with E-state index in [9.17, 15) is 0 Å². The van der Waals surface area contributed by atoms with Gasteiger partial charge < -0.3 is 4.74 Å². The quantitative estimate of drug-likeness (QED) is 0.687. The second-order valence-corrected chi connectivity index (χ2v) is 5.39. The molecule has 2 fully saturated rings. The number of nitrogens with zero attached hydrogens (tertiary/aromatic N) is 1. The minimum absolute atomic E-state index is 0.722. The van der Waals surface area contributed by atoms with Gasteiger partial charge in [-0.3, -0.25) is 4.90 Å². The van der Waals surface area contributed by atoms with Gasteiger partial charge in [-0.15, -0.1) is 0 Å². The van der Waals surface area contributed by atoms with E-state index in [0.717, 1.165) is 24.5 Å². The summed E-state index contributed by atoms with van der Waals surface area (Å²) < 4.78 is 5.10. The number of rotatable bonds is 3. The number of methoxy groups -OCH3 is 1. The van der Waals surface area contributed by atoms with Crippen molar-refractivity contribution < 1.29 is 4.74 Å². The van der Waals surface area contributed by atoms with E-state index < -0.39 is 0 Å². The molecular formula is C12H23NO. The van der Waals surface area contributed by atoms with Crippen molar-refractivity contribution in [2.75, 3.05) is 33.4 Å². The van der Waals surface area contributed by atoms with Crippen LogP contribution in [0.15, 0.2) is 0 Å². The molecule has 0 amide bonds. The fourth-order valence-electron chi connectivity index (χ4n) is 2.97. The minimum atomic E-state index is 0.722. The molecule has 0 atom stereocenters. The van der Waals surface area contributed by atoms with Crippen LogP contribution >= 0.6 is 0 Å². The van der Waals surface area contributed by atoms with E-state index >= 15 is 0 Å². The van der Waals surface area contributed by atoms with E-state index in [-0.39, 0.29) is 0 Å². The van der Waals surface area contributed by atoms with Crippen LogP contribution < -0.4 is 0 Å². The van der Waals surface area contributed by atoms with E-state index in [2.05, 4.69) is 11.8 Å². The number of likely N-dealkylation sites (tertiary alicyclic amines) is 1. The van der Waals surface area contributed by atoms with Crippen molar-refractivity contribution in [3.05, 3.63) is 0 Å². The van der Waals surface area contributed by atoms with Gasteiger partial charge in [-0.25, -0.2) is 0 Å². The lowest BCUT2D eigenvalue weighted by molar-refractivity contribution is -0.0455. The maximum absolute atomic E-state index is 5.10. The van der Waals surface area contributed by atoms with E-state index in [4.69, 9.17) is 4.74 Å². The molecule has 2 heteroatoms. The molecule has 2 nitrogen and oxygen atoms in total. The number of hydrogen-bond donors (Lipinski definition) is 0. The largest absolute Gasteiger partial charge is 0.383 e. The average molecular weight is 197 g/mol. The van der Waals surface area contributed by atoms with Crippen LogP contribution in [0.4, 0.5) is 0 Å². The first-order chi connectivity index (χ1) is 6.74. The van der Waals surface area contributed by atoms with E-state index in [0.29, 0.717) is 0 Å². The van der Waals surface area contributed by atoms with Gasteiger partial charge in [-0.05, 0) is 24.2 Å². The Balaban J connectivity index is 1.70. The SMILES string of the molecule is COCCN1CC2(CCC(C)CC2)C1. The highest BCUT2D eigenvalue weighted by Gasteiger charge is 2.43. The first-order valence-corrected chi connectivity index (χ1v) is 5.95. The van der Waals surface area contributed by atoms with Crippen LogP contribution in [0, 0.1) is 11.3 Å². The molecule has 0 aromatic heterocycles. The normalized spacial score (nSPS) is 27.9. The fraction of sp³-hybridized carbons (Fsp3) is 1.00. The lowest BCUT2D eigenvalue weighted by atomic mass is 9.66. The zero-order valence-corrected chi connectivity index (χ0v) is 9.59. The smallest absolute Gasteiger partial charge is 0.0589 e. The second kappa shape index (κ2) is 4.19. The molecule has 0 unspecified atom stereocenters. The zero-order valence-electron chi connectivity index (χ0n) is 9.59. The first-order valence-electron chi connectivity index (χ1n) is 5.95. The molecule has 82 valence electrons. The lowest BCUT2D eigenvalue weighted by Gasteiger charge is -2.53. The summed E-state index contributed by atoms with van der Waals surface area (Å²) in [4.78, 5) is 2.54. The Morgan fingerprint density at radius 1 is 1.29 bits per heavy atom. The van der Waals surface area contributed by atoms with Gasteiger partial charge in [0.1, 0.15) is 0 Å². The molecule has 1 saturated heterocycles. The molecule has 1 spiro atoms. The van der Waals surface area contributed by atoms with Crippen LogP contribution in [0.25, 0.3) is 0 Å². The molecule has 1 aliphatic heterocycles. The summed E-state index contributed by atoms with van der Waals surface area (Å²) in [5, 5.41) is 0. The van der Waals surface area contributed by atoms with Crippen molar-refractivity contribution in [3.8, 4) is 0 Å². The van der Waals surface area contributed by atoms with Gasteiger partial charge in [0.05, 0.1) is 6.61 Å². The van der Waals surface area contributed by atoms with Crippen molar-refractivity contribution in [1.29, 1.82) is 0 Å². The molecule has 1 saturated carbocycles. The summed E-state index contributed by atoms with van der Waals surface area (Å²) in [6.45, 7) is 7.10. The maximum Gasteiger partial charge on any atom is 0.0589 e. The average Bonchev–Trinajstić information content (AvgIpc) is 2.14. The maximum atomic E-state index is 5.10. The molecule has 0 bridgehead atoms. The van der Waals surface area contributed by atoms with Crippen LogP contribution in [-0.4, -0.2) is 38.3 Å². The molecule has 0 aromatic carbocycles. The standard InChI is InChI=1S/C12H23NO/c1-11-3-5-12(6-4-11)9-13(10-12)7-8-14-2/h11H,3-10H2,1-2H3. The van der Waals surface area contributed by atoms with Crippen molar-refractivity contribution in [2.45, 2.75) is 32.6 Å². The third kappa shape index (κ3) is 2.12. The Morgan fingerprint density at radius 2 is 1.93 bits per heavy atom. The van der Waals surface area contributed by atoms with Crippen LogP contribution in [-0.2, 0) is 4.74 Å². The Morgan fingerprint density at radius 3 is 2.50 bits per heavy atom. The van der Waals surface area contributed by atoms with Gasteiger partial charge in [0.25, 0.3) is 0 Å². The van der Waals surface area contributed by atoms with E-state index in [1.807, 2.05) is 0 Å².